The third-order valence-electron chi connectivity index (χ3n) is 1.77. The summed E-state index contributed by atoms with van der Waals surface area (Å²) in [6.45, 7) is 4.02. The summed E-state index contributed by atoms with van der Waals surface area (Å²) in [7, 11) is 4.04. The first-order valence-corrected chi connectivity index (χ1v) is 4.78. The van der Waals surface area contributed by atoms with Gasteiger partial charge in [0, 0.05) is 19.8 Å². The predicted octanol–water partition coefficient (Wildman–Crippen LogP) is 3.24. The summed E-state index contributed by atoms with van der Waals surface area (Å²) in [6, 6.07) is 8.27. The van der Waals surface area contributed by atoms with Gasteiger partial charge in [-0.2, -0.15) is 10.2 Å². The van der Waals surface area contributed by atoms with Crippen LogP contribution in [0.1, 0.15) is 13.8 Å². The van der Waals surface area contributed by atoms with E-state index < -0.39 is 0 Å². The fourth-order valence-corrected chi connectivity index (χ4v) is 1.000. The molecule has 1 aromatic rings. The number of nitrogens with zero attached hydrogens (tertiary/aromatic N) is 3. The van der Waals surface area contributed by atoms with Crippen LogP contribution in [-0.2, 0) is 0 Å². The zero-order chi connectivity index (χ0) is 10.6. The Morgan fingerprint density at radius 2 is 1.64 bits per heavy atom. The van der Waals surface area contributed by atoms with Crippen molar-refractivity contribution < 1.29 is 0 Å². The van der Waals surface area contributed by atoms with E-state index in [1.165, 1.54) is 5.69 Å². The lowest BCUT2D eigenvalue weighted by atomic mass is 10.3. The molecule has 3 heteroatoms. The third kappa shape index (κ3) is 3.17. The second-order valence-corrected chi connectivity index (χ2v) is 3.72. The molecule has 1 aromatic carbocycles. The molecule has 0 fully saturated rings. The molecule has 0 aromatic heterocycles. The van der Waals surface area contributed by atoms with Crippen LogP contribution in [0.25, 0.3) is 0 Å². The minimum absolute atomic E-state index is 0.253. The maximum absolute atomic E-state index is 4.11. The molecule has 0 aliphatic heterocycles. The molecule has 0 aliphatic rings. The first-order valence-electron chi connectivity index (χ1n) is 4.78. The predicted molar refractivity (Wildman–Crippen MR) is 60.4 cm³/mol. The zero-order valence-corrected chi connectivity index (χ0v) is 9.23. The molecule has 0 bridgehead atoms. The zero-order valence-electron chi connectivity index (χ0n) is 9.23. The van der Waals surface area contributed by atoms with Crippen LogP contribution < -0.4 is 4.90 Å². The van der Waals surface area contributed by atoms with Crippen molar-refractivity contribution in [3.05, 3.63) is 24.3 Å². The van der Waals surface area contributed by atoms with Crippen molar-refractivity contribution in [3.8, 4) is 0 Å². The molecule has 0 radical (unpaired) electrons. The number of benzene rings is 1. The fourth-order valence-electron chi connectivity index (χ4n) is 1.000. The Bertz CT molecular complexity index is 299. The highest BCUT2D eigenvalue weighted by Gasteiger charge is 1.94. The number of azo groups is 1. The van der Waals surface area contributed by atoms with Crippen molar-refractivity contribution >= 4 is 11.4 Å². The van der Waals surface area contributed by atoms with Gasteiger partial charge in [-0.1, -0.05) is 0 Å². The van der Waals surface area contributed by atoms with Gasteiger partial charge in [0.05, 0.1) is 11.7 Å². The number of hydrogen-bond acceptors (Lipinski definition) is 3. The SMILES string of the molecule is CC(C)/N=N/c1ccc(N(C)C)cc1. The molecule has 0 heterocycles. The minimum Gasteiger partial charge on any atom is -0.378 e. The molecule has 1 rings (SSSR count). The first-order chi connectivity index (χ1) is 6.59. The Morgan fingerprint density at radius 1 is 1.07 bits per heavy atom. The Labute approximate surface area is 85.5 Å². The third-order valence-corrected chi connectivity index (χ3v) is 1.77. The summed E-state index contributed by atoms with van der Waals surface area (Å²) in [5.74, 6) is 0. The van der Waals surface area contributed by atoms with Gasteiger partial charge in [-0.3, -0.25) is 0 Å². The molecule has 0 aliphatic carbocycles. The highest BCUT2D eigenvalue weighted by atomic mass is 15.1. The van der Waals surface area contributed by atoms with Crippen LogP contribution in [0.3, 0.4) is 0 Å². The maximum Gasteiger partial charge on any atom is 0.0854 e. The van der Waals surface area contributed by atoms with Crippen molar-refractivity contribution in [1.29, 1.82) is 0 Å². The van der Waals surface area contributed by atoms with E-state index in [1.807, 2.05) is 52.2 Å². The smallest absolute Gasteiger partial charge is 0.0854 e. The molecule has 0 saturated carbocycles. The molecular formula is C11H17N3. The molecule has 0 saturated heterocycles. The van der Waals surface area contributed by atoms with Gasteiger partial charge in [0.2, 0.25) is 0 Å². The minimum atomic E-state index is 0.253. The van der Waals surface area contributed by atoms with E-state index in [0.717, 1.165) is 5.69 Å². The monoisotopic (exact) mass is 191 g/mol. The number of rotatable bonds is 3. The molecule has 0 unspecified atom stereocenters. The van der Waals surface area contributed by atoms with Gasteiger partial charge in [0.25, 0.3) is 0 Å². The quantitative estimate of drug-likeness (QED) is 0.674. The average molecular weight is 191 g/mol. The molecule has 0 spiro atoms. The summed E-state index contributed by atoms with van der Waals surface area (Å²) >= 11 is 0. The Kier molecular flexibility index (Phi) is 3.63. The Hall–Kier alpha value is -1.38. The van der Waals surface area contributed by atoms with Gasteiger partial charge in [-0.05, 0) is 38.1 Å². The van der Waals surface area contributed by atoms with Gasteiger partial charge in [-0.25, -0.2) is 0 Å². The van der Waals surface area contributed by atoms with Gasteiger partial charge in [0.1, 0.15) is 0 Å². The molecule has 76 valence electrons. The van der Waals surface area contributed by atoms with E-state index in [0.29, 0.717) is 0 Å². The molecule has 0 amide bonds. The van der Waals surface area contributed by atoms with E-state index >= 15 is 0 Å². The van der Waals surface area contributed by atoms with Crippen molar-refractivity contribution in [2.45, 2.75) is 19.9 Å². The highest BCUT2D eigenvalue weighted by molar-refractivity contribution is 5.51. The van der Waals surface area contributed by atoms with E-state index in [4.69, 9.17) is 0 Å². The second kappa shape index (κ2) is 4.74. The van der Waals surface area contributed by atoms with Crippen molar-refractivity contribution in [3.63, 3.8) is 0 Å². The van der Waals surface area contributed by atoms with E-state index in [-0.39, 0.29) is 6.04 Å². The lowest BCUT2D eigenvalue weighted by molar-refractivity contribution is 0.779. The van der Waals surface area contributed by atoms with Crippen molar-refractivity contribution in [2.24, 2.45) is 10.2 Å². The van der Waals surface area contributed by atoms with Crippen molar-refractivity contribution in [2.75, 3.05) is 19.0 Å². The number of hydrogen-bond donors (Lipinski definition) is 0. The van der Waals surface area contributed by atoms with E-state index in [9.17, 15) is 0 Å². The lowest BCUT2D eigenvalue weighted by Gasteiger charge is -2.11. The van der Waals surface area contributed by atoms with Crippen molar-refractivity contribution in [1.82, 2.24) is 0 Å². The second-order valence-electron chi connectivity index (χ2n) is 3.72. The topological polar surface area (TPSA) is 28.0 Å². The summed E-state index contributed by atoms with van der Waals surface area (Å²) in [5.41, 5.74) is 2.08. The van der Waals surface area contributed by atoms with Gasteiger partial charge in [-0.15, -0.1) is 0 Å². The Balaban J connectivity index is 2.73. The van der Waals surface area contributed by atoms with Gasteiger partial charge in [0.15, 0.2) is 0 Å². The standard InChI is InChI=1S/C11H17N3/c1-9(2)12-13-10-5-7-11(8-6-10)14(3)4/h5-9H,1-4H3/b13-12+. The normalized spacial score (nSPS) is 11.2. The van der Waals surface area contributed by atoms with Crippen LogP contribution in [-0.4, -0.2) is 20.1 Å². The van der Waals surface area contributed by atoms with Crippen LogP contribution in [0, 0.1) is 0 Å². The van der Waals surface area contributed by atoms with Gasteiger partial charge < -0.3 is 4.90 Å². The van der Waals surface area contributed by atoms with Crippen LogP contribution in [0.5, 0.6) is 0 Å². The molecule has 0 N–H and O–H groups in total. The maximum atomic E-state index is 4.11. The summed E-state index contributed by atoms with van der Waals surface area (Å²) in [5, 5.41) is 8.19. The Morgan fingerprint density at radius 3 is 2.07 bits per heavy atom. The molecule has 14 heavy (non-hydrogen) atoms. The van der Waals surface area contributed by atoms with Crippen LogP contribution in [0.4, 0.5) is 11.4 Å². The largest absolute Gasteiger partial charge is 0.378 e. The lowest BCUT2D eigenvalue weighted by Crippen LogP contribution is -2.07. The summed E-state index contributed by atoms with van der Waals surface area (Å²) in [6.07, 6.45) is 0. The van der Waals surface area contributed by atoms with Gasteiger partial charge >= 0.3 is 0 Å². The van der Waals surface area contributed by atoms with Crippen LogP contribution >= 0.6 is 0 Å². The summed E-state index contributed by atoms with van der Waals surface area (Å²) in [4.78, 5) is 2.06. The molecule has 0 atom stereocenters. The van der Waals surface area contributed by atoms with Crippen LogP contribution in [0.2, 0.25) is 0 Å². The van der Waals surface area contributed by atoms with E-state index in [2.05, 4.69) is 15.1 Å². The molecule has 3 nitrogen and oxygen atoms in total. The fraction of sp³-hybridized carbons (Fsp3) is 0.455. The van der Waals surface area contributed by atoms with E-state index in [1.54, 1.807) is 0 Å². The molecular weight excluding hydrogens is 174 g/mol. The average Bonchev–Trinajstić information content (AvgIpc) is 2.15. The summed E-state index contributed by atoms with van der Waals surface area (Å²) < 4.78 is 0. The highest BCUT2D eigenvalue weighted by Crippen LogP contribution is 2.18. The first kappa shape index (κ1) is 10.7. The number of anilines is 1. The van der Waals surface area contributed by atoms with Crippen LogP contribution in [0.15, 0.2) is 34.5 Å².